The normalized spacial score (nSPS) is 11.6. The number of aryl methyl sites for hydroxylation is 1. The van der Waals surface area contributed by atoms with Gasteiger partial charge in [0.2, 0.25) is 0 Å². The van der Waals surface area contributed by atoms with E-state index in [-0.39, 0.29) is 11.1 Å². The number of nitrogens with one attached hydrogen (secondary N) is 1. The molecule has 0 aliphatic rings. The summed E-state index contributed by atoms with van der Waals surface area (Å²) < 4.78 is 0. The molecule has 0 saturated carbocycles. The van der Waals surface area contributed by atoms with Crippen LogP contribution in [-0.2, 0) is 5.41 Å². The van der Waals surface area contributed by atoms with Gasteiger partial charge in [0.15, 0.2) is 5.69 Å². The summed E-state index contributed by atoms with van der Waals surface area (Å²) in [5.41, 5.74) is 2.48. The van der Waals surface area contributed by atoms with E-state index < -0.39 is 5.97 Å². The number of hydrogen-bond donors (Lipinski definition) is 2. The molecular weight excluding hydrogens is 240 g/mol. The van der Waals surface area contributed by atoms with Crippen LogP contribution in [-0.4, -0.2) is 21.0 Å². The van der Waals surface area contributed by atoms with Gasteiger partial charge in [-0.2, -0.15) is 0 Å². The van der Waals surface area contributed by atoms with Gasteiger partial charge < -0.3 is 10.1 Å². The fourth-order valence-electron chi connectivity index (χ4n) is 2.00. The van der Waals surface area contributed by atoms with Crippen molar-refractivity contribution in [2.24, 2.45) is 0 Å². The second-order valence-corrected chi connectivity index (χ2v) is 5.73. The summed E-state index contributed by atoms with van der Waals surface area (Å²) >= 11 is 0. The molecular formula is C15H18N2O2. The molecule has 4 heteroatoms. The maximum absolute atomic E-state index is 11.3. The zero-order valence-corrected chi connectivity index (χ0v) is 11.6. The Labute approximate surface area is 112 Å². The Hall–Kier alpha value is -2.10. The van der Waals surface area contributed by atoms with E-state index in [1.165, 1.54) is 0 Å². The van der Waals surface area contributed by atoms with Crippen molar-refractivity contribution in [1.29, 1.82) is 0 Å². The summed E-state index contributed by atoms with van der Waals surface area (Å²) in [6.07, 6.45) is 0. The molecule has 19 heavy (non-hydrogen) atoms. The van der Waals surface area contributed by atoms with Crippen LogP contribution >= 0.6 is 0 Å². The number of aromatic nitrogens is 2. The molecule has 0 atom stereocenters. The van der Waals surface area contributed by atoms with Crippen LogP contribution in [0.3, 0.4) is 0 Å². The zero-order valence-electron chi connectivity index (χ0n) is 11.6. The molecule has 0 bridgehead atoms. The molecule has 0 aliphatic heterocycles. The van der Waals surface area contributed by atoms with Crippen molar-refractivity contribution >= 4 is 5.97 Å². The number of nitrogens with zero attached hydrogens (tertiary/aromatic N) is 1. The van der Waals surface area contributed by atoms with Crippen LogP contribution < -0.4 is 0 Å². The lowest BCUT2D eigenvalue weighted by Crippen LogP contribution is -2.16. The van der Waals surface area contributed by atoms with Crippen molar-refractivity contribution in [3.8, 4) is 11.4 Å². The Morgan fingerprint density at radius 3 is 2.47 bits per heavy atom. The highest BCUT2D eigenvalue weighted by Gasteiger charge is 2.26. The second-order valence-electron chi connectivity index (χ2n) is 5.73. The molecule has 1 aromatic carbocycles. The van der Waals surface area contributed by atoms with Crippen LogP contribution in [0.5, 0.6) is 0 Å². The quantitative estimate of drug-likeness (QED) is 0.867. The predicted octanol–water partition coefficient (Wildman–Crippen LogP) is 3.38. The highest BCUT2D eigenvalue weighted by molar-refractivity contribution is 5.88. The van der Waals surface area contributed by atoms with E-state index in [9.17, 15) is 9.90 Å². The van der Waals surface area contributed by atoms with Gasteiger partial charge in [0.05, 0.1) is 5.69 Å². The van der Waals surface area contributed by atoms with Gasteiger partial charge in [-0.25, -0.2) is 9.78 Å². The van der Waals surface area contributed by atoms with Gasteiger partial charge in [0.1, 0.15) is 5.82 Å². The van der Waals surface area contributed by atoms with Gasteiger partial charge in [-0.15, -0.1) is 0 Å². The molecule has 0 amide bonds. The van der Waals surface area contributed by atoms with Crippen molar-refractivity contribution < 1.29 is 9.90 Å². The second kappa shape index (κ2) is 4.53. The molecule has 2 rings (SSSR count). The molecule has 1 aromatic heterocycles. The van der Waals surface area contributed by atoms with Crippen LogP contribution in [0.1, 0.15) is 42.5 Å². The first-order valence-corrected chi connectivity index (χ1v) is 6.20. The van der Waals surface area contributed by atoms with Gasteiger partial charge >= 0.3 is 5.97 Å². The predicted molar refractivity (Wildman–Crippen MR) is 74.4 cm³/mol. The lowest BCUT2D eigenvalue weighted by molar-refractivity contribution is 0.0688. The first-order valence-electron chi connectivity index (χ1n) is 6.20. The van der Waals surface area contributed by atoms with Gasteiger partial charge in [-0.05, 0) is 13.0 Å². The molecule has 0 radical (unpaired) electrons. The molecule has 0 spiro atoms. The number of carboxylic acids is 1. The summed E-state index contributed by atoms with van der Waals surface area (Å²) in [5, 5.41) is 9.26. The first-order chi connectivity index (χ1) is 8.79. The number of carboxylic acid groups (broad SMARTS) is 1. The van der Waals surface area contributed by atoms with E-state index in [1.807, 2.05) is 52.0 Å². The maximum atomic E-state index is 11.3. The fourth-order valence-corrected chi connectivity index (χ4v) is 2.00. The largest absolute Gasteiger partial charge is 0.476 e. The molecule has 0 aliphatic carbocycles. The molecule has 100 valence electrons. The summed E-state index contributed by atoms with van der Waals surface area (Å²) in [7, 11) is 0. The number of H-pyrrole nitrogens is 1. The number of aromatic carboxylic acids is 1. The number of aromatic amines is 1. The average Bonchev–Trinajstić information content (AvgIpc) is 2.73. The Kier molecular flexibility index (Phi) is 3.18. The third-order valence-electron chi connectivity index (χ3n) is 2.95. The number of hydrogen-bond acceptors (Lipinski definition) is 2. The van der Waals surface area contributed by atoms with E-state index in [1.54, 1.807) is 0 Å². The lowest BCUT2D eigenvalue weighted by atomic mass is 9.91. The SMILES string of the molecule is Cc1cccc(-c2nc(C(=O)O)c(C(C)(C)C)[nH]2)c1. The Morgan fingerprint density at radius 2 is 2.00 bits per heavy atom. The van der Waals surface area contributed by atoms with Crippen LogP contribution in [0.15, 0.2) is 24.3 Å². The van der Waals surface area contributed by atoms with Crippen molar-refractivity contribution in [3.05, 3.63) is 41.2 Å². The van der Waals surface area contributed by atoms with Gasteiger partial charge in [0.25, 0.3) is 0 Å². The van der Waals surface area contributed by atoms with Crippen molar-refractivity contribution in [2.75, 3.05) is 0 Å². The van der Waals surface area contributed by atoms with E-state index in [4.69, 9.17) is 0 Å². The van der Waals surface area contributed by atoms with E-state index >= 15 is 0 Å². The standard InChI is InChI=1S/C15H18N2O2/c1-9-6-5-7-10(8-9)13-16-11(14(18)19)12(17-13)15(2,3)4/h5-8H,1-4H3,(H,16,17)(H,18,19). The van der Waals surface area contributed by atoms with Crippen molar-refractivity contribution in [3.63, 3.8) is 0 Å². The first kappa shape index (κ1) is 13.3. The number of carbonyl (C=O) groups is 1. The Balaban J connectivity index is 2.58. The average molecular weight is 258 g/mol. The fraction of sp³-hybridized carbons (Fsp3) is 0.333. The molecule has 0 unspecified atom stereocenters. The lowest BCUT2D eigenvalue weighted by Gasteiger charge is -2.16. The highest BCUT2D eigenvalue weighted by atomic mass is 16.4. The number of imidazole rings is 1. The Morgan fingerprint density at radius 1 is 1.32 bits per heavy atom. The Bertz CT molecular complexity index is 621. The topological polar surface area (TPSA) is 66.0 Å². The van der Waals surface area contributed by atoms with Gasteiger partial charge in [-0.1, -0.05) is 44.5 Å². The van der Waals surface area contributed by atoms with Crippen molar-refractivity contribution in [2.45, 2.75) is 33.1 Å². The molecule has 2 aromatic rings. The zero-order chi connectivity index (χ0) is 14.2. The highest BCUT2D eigenvalue weighted by Crippen LogP contribution is 2.27. The van der Waals surface area contributed by atoms with Crippen LogP contribution in [0.25, 0.3) is 11.4 Å². The third kappa shape index (κ3) is 2.67. The van der Waals surface area contributed by atoms with Gasteiger partial charge in [0, 0.05) is 11.0 Å². The van der Waals surface area contributed by atoms with Gasteiger partial charge in [-0.3, -0.25) is 0 Å². The summed E-state index contributed by atoms with van der Waals surface area (Å²) in [6.45, 7) is 7.89. The van der Waals surface area contributed by atoms with Crippen LogP contribution in [0.2, 0.25) is 0 Å². The minimum atomic E-state index is -1.000. The number of rotatable bonds is 2. The monoisotopic (exact) mass is 258 g/mol. The summed E-state index contributed by atoms with van der Waals surface area (Å²) in [5.74, 6) is -0.397. The van der Waals surface area contributed by atoms with Crippen LogP contribution in [0, 0.1) is 6.92 Å². The van der Waals surface area contributed by atoms with Crippen molar-refractivity contribution in [1.82, 2.24) is 9.97 Å². The minimum Gasteiger partial charge on any atom is -0.476 e. The minimum absolute atomic E-state index is 0.101. The maximum Gasteiger partial charge on any atom is 0.356 e. The number of benzene rings is 1. The smallest absolute Gasteiger partial charge is 0.356 e. The molecule has 2 N–H and O–H groups in total. The van der Waals surface area contributed by atoms with Crippen LogP contribution in [0.4, 0.5) is 0 Å². The van der Waals surface area contributed by atoms with E-state index in [0.29, 0.717) is 11.5 Å². The third-order valence-corrected chi connectivity index (χ3v) is 2.95. The summed E-state index contributed by atoms with van der Waals surface area (Å²) in [6, 6.07) is 7.83. The molecule has 1 heterocycles. The summed E-state index contributed by atoms with van der Waals surface area (Å²) in [4.78, 5) is 18.7. The molecule has 0 fully saturated rings. The van der Waals surface area contributed by atoms with E-state index in [2.05, 4.69) is 9.97 Å². The molecule has 4 nitrogen and oxygen atoms in total. The van der Waals surface area contributed by atoms with E-state index in [0.717, 1.165) is 11.1 Å². The molecule has 0 saturated heterocycles.